The molecule has 0 saturated heterocycles. The van der Waals surface area contributed by atoms with E-state index in [0.717, 1.165) is 34.6 Å². The van der Waals surface area contributed by atoms with E-state index in [2.05, 4.69) is 31.0 Å². The van der Waals surface area contributed by atoms with Gasteiger partial charge in [-0.25, -0.2) is 0 Å². The molecule has 2 aromatic heterocycles. The lowest BCUT2D eigenvalue weighted by atomic mass is 9.42. The number of pyridine rings is 2. The molecule has 0 radical (unpaired) electrons. The molecular weight excluding hydrogens is 404 g/mol. The highest BCUT2D eigenvalue weighted by Gasteiger charge is 2.63. The van der Waals surface area contributed by atoms with E-state index in [1.165, 1.54) is 5.56 Å². The largest absolute Gasteiger partial charge is 0.380 e. The van der Waals surface area contributed by atoms with Gasteiger partial charge >= 0.3 is 0 Å². The van der Waals surface area contributed by atoms with Crippen molar-refractivity contribution in [2.45, 2.75) is 37.7 Å². The molecule has 164 valence electrons. The van der Waals surface area contributed by atoms with Crippen LogP contribution in [-0.2, 0) is 5.60 Å². The molecule has 2 aromatic carbocycles. The van der Waals surface area contributed by atoms with Crippen LogP contribution in [0.15, 0.2) is 97.2 Å². The summed E-state index contributed by atoms with van der Waals surface area (Å²) in [5.41, 5.74) is 4.77. The second kappa shape index (κ2) is 7.36. The Labute approximate surface area is 195 Å². The van der Waals surface area contributed by atoms with Crippen molar-refractivity contribution in [2.24, 2.45) is 11.3 Å². The molecule has 2 heterocycles. The average Bonchev–Trinajstić information content (AvgIpc) is 2.88. The topological polar surface area (TPSA) is 46.0 Å². The van der Waals surface area contributed by atoms with E-state index in [1.54, 1.807) is 6.20 Å². The zero-order valence-electron chi connectivity index (χ0n) is 19.0. The van der Waals surface area contributed by atoms with Crippen molar-refractivity contribution in [3.8, 4) is 11.4 Å². The number of aliphatic hydroxyl groups is 1. The Morgan fingerprint density at radius 2 is 1.42 bits per heavy atom. The highest BCUT2D eigenvalue weighted by Crippen LogP contribution is 2.69. The van der Waals surface area contributed by atoms with Crippen LogP contribution in [0.3, 0.4) is 0 Å². The first-order chi connectivity index (χ1) is 16.0. The third kappa shape index (κ3) is 2.92. The molecule has 33 heavy (non-hydrogen) atoms. The maximum Gasteiger partial charge on any atom is 0.123 e. The van der Waals surface area contributed by atoms with Crippen LogP contribution < -0.4 is 0 Å². The third-order valence-corrected chi connectivity index (χ3v) is 8.18. The van der Waals surface area contributed by atoms with Crippen LogP contribution in [0, 0.1) is 11.3 Å². The SMILES string of the molecule is CC1(C)[C@@H]2C[C@H]1[C@@H](C(O)(c1ccccc1)c1ccccc1)c1nc(-c3ccccn3)ccc12. The number of nitrogens with zero attached hydrogens (tertiary/aromatic N) is 2. The van der Waals surface area contributed by atoms with Crippen molar-refractivity contribution < 1.29 is 5.11 Å². The minimum absolute atomic E-state index is 0.101. The van der Waals surface area contributed by atoms with E-state index < -0.39 is 5.60 Å². The lowest BCUT2D eigenvalue weighted by molar-refractivity contribution is -0.0805. The van der Waals surface area contributed by atoms with Crippen LogP contribution in [0.2, 0.25) is 0 Å². The Balaban J connectivity index is 1.61. The van der Waals surface area contributed by atoms with E-state index >= 15 is 0 Å². The van der Waals surface area contributed by atoms with Gasteiger partial charge in [0, 0.05) is 12.1 Å². The second-order valence-corrected chi connectivity index (χ2v) is 10.1. The summed E-state index contributed by atoms with van der Waals surface area (Å²) in [5, 5.41) is 12.8. The summed E-state index contributed by atoms with van der Waals surface area (Å²) in [5.74, 6) is 0.641. The van der Waals surface area contributed by atoms with Crippen LogP contribution in [0.25, 0.3) is 11.4 Å². The first kappa shape index (κ1) is 20.3. The van der Waals surface area contributed by atoms with Gasteiger partial charge in [0.15, 0.2) is 0 Å². The standard InChI is InChI=1S/C30H28N2O/c1-29(2)23-19-24(29)27(28-22(23)16-17-26(32-28)25-15-9-10-18-31-25)30(33,20-11-5-3-6-12-20)21-13-7-4-8-14-21/h3-18,23-24,27,33H,19H2,1-2H3/t23-,24+,27-/m1/s1. The number of hydrogen-bond donors (Lipinski definition) is 1. The molecule has 1 N–H and O–H groups in total. The molecule has 4 aromatic rings. The Bertz CT molecular complexity index is 1250. The van der Waals surface area contributed by atoms with Crippen LogP contribution in [-0.4, -0.2) is 15.1 Å². The van der Waals surface area contributed by atoms with Crippen molar-refractivity contribution >= 4 is 0 Å². The molecule has 0 spiro atoms. The van der Waals surface area contributed by atoms with Gasteiger partial charge in [0.25, 0.3) is 0 Å². The van der Waals surface area contributed by atoms with Crippen LogP contribution in [0.4, 0.5) is 0 Å². The summed E-state index contributed by atoms with van der Waals surface area (Å²) in [7, 11) is 0. The highest BCUT2D eigenvalue weighted by molar-refractivity contribution is 5.58. The number of aromatic nitrogens is 2. The summed E-state index contributed by atoms with van der Waals surface area (Å²) in [4.78, 5) is 9.74. The summed E-state index contributed by atoms with van der Waals surface area (Å²) in [6.07, 6.45) is 2.88. The van der Waals surface area contributed by atoms with Gasteiger partial charge in [0.05, 0.1) is 17.1 Å². The minimum Gasteiger partial charge on any atom is -0.380 e. The maximum atomic E-state index is 12.8. The summed E-state index contributed by atoms with van der Waals surface area (Å²) in [6.45, 7) is 4.70. The molecule has 3 nitrogen and oxygen atoms in total. The quantitative estimate of drug-likeness (QED) is 0.411. The zero-order chi connectivity index (χ0) is 22.6. The van der Waals surface area contributed by atoms with Gasteiger partial charge in [0.1, 0.15) is 5.60 Å². The molecule has 3 atom stereocenters. The van der Waals surface area contributed by atoms with Crippen molar-refractivity contribution in [1.82, 2.24) is 9.97 Å². The van der Waals surface area contributed by atoms with Crippen molar-refractivity contribution in [2.75, 3.05) is 0 Å². The average molecular weight is 433 g/mol. The highest BCUT2D eigenvalue weighted by atomic mass is 16.3. The van der Waals surface area contributed by atoms with Crippen LogP contribution in [0.1, 0.15) is 54.5 Å². The van der Waals surface area contributed by atoms with Crippen molar-refractivity contribution in [3.63, 3.8) is 0 Å². The first-order valence-corrected chi connectivity index (χ1v) is 11.8. The van der Waals surface area contributed by atoms with Crippen molar-refractivity contribution in [3.05, 3.63) is 120 Å². The van der Waals surface area contributed by atoms with E-state index in [9.17, 15) is 5.11 Å². The maximum absolute atomic E-state index is 12.8. The molecule has 3 aliphatic carbocycles. The molecule has 3 heteroatoms. The van der Waals surface area contributed by atoms with Crippen LogP contribution in [0.5, 0.6) is 0 Å². The Morgan fingerprint density at radius 3 is 2.00 bits per heavy atom. The van der Waals surface area contributed by atoms with E-state index in [0.29, 0.717) is 11.8 Å². The van der Waals surface area contributed by atoms with Gasteiger partial charge < -0.3 is 5.11 Å². The van der Waals surface area contributed by atoms with Crippen molar-refractivity contribution in [1.29, 1.82) is 0 Å². The van der Waals surface area contributed by atoms with E-state index in [-0.39, 0.29) is 11.3 Å². The Morgan fingerprint density at radius 1 is 0.788 bits per heavy atom. The molecule has 0 amide bonds. The number of benzene rings is 2. The Hall–Kier alpha value is -3.30. The van der Waals surface area contributed by atoms with E-state index in [1.807, 2.05) is 78.9 Å². The van der Waals surface area contributed by atoms with Gasteiger partial charge in [-0.2, -0.15) is 0 Å². The van der Waals surface area contributed by atoms with Gasteiger partial charge in [-0.3, -0.25) is 9.97 Å². The predicted molar refractivity (Wildman–Crippen MR) is 131 cm³/mol. The predicted octanol–water partition coefficient (Wildman–Crippen LogP) is 6.31. The van der Waals surface area contributed by atoms with Gasteiger partial charge in [-0.1, -0.05) is 86.6 Å². The minimum atomic E-state index is -1.18. The second-order valence-electron chi connectivity index (χ2n) is 10.1. The fourth-order valence-electron chi connectivity index (χ4n) is 6.33. The fraction of sp³-hybridized carbons (Fsp3) is 0.267. The fourth-order valence-corrected chi connectivity index (χ4v) is 6.33. The lowest BCUT2D eigenvalue weighted by Gasteiger charge is -2.62. The van der Waals surface area contributed by atoms with E-state index in [4.69, 9.17) is 4.98 Å². The van der Waals surface area contributed by atoms with Crippen LogP contribution >= 0.6 is 0 Å². The van der Waals surface area contributed by atoms with Gasteiger partial charge in [-0.05, 0) is 58.6 Å². The molecule has 1 fully saturated rings. The summed E-state index contributed by atoms with van der Waals surface area (Å²) >= 11 is 0. The lowest BCUT2D eigenvalue weighted by Crippen LogP contribution is -2.56. The zero-order valence-corrected chi connectivity index (χ0v) is 19.0. The number of rotatable bonds is 4. The molecule has 7 rings (SSSR count). The molecule has 2 bridgehead atoms. The molecule has 1 saturated carbocycles. The summed E-state index contributed by atoms with van der Waals surface area (Å²) < 4.78 is 0. The van der Waals surface area contributed by atoms with Gasteiger partial charge in [-0.15, -0.1) is 0 Å². The molecular formula is C30H28N2O. The monoisotopic (exact) mass is 432 g/mol. The first-order valence-electron chi connectivity index (χ1n) is 11.8. The molecule has 3 aliphatic rings. The normalized spacial score (nSPS) is 22.8. The molecule has 0 unspecified atom stereocenters. The smallest absolute Gasteiger partial charge is 0.123 e. The summed E-state index contributed by atoms with van der Waals surface area (Å²) in [6, 6.07) is 30.5. The third-order valence-electron chi connectivity index (χ3n) is 8.18. The Kier molecular flexibility index (Phi) is 4.53. The van der Waals surface area contributed by atoms with Gasteiger partial charge in [0.2, 0.25) is 0 Å². The molecule has 0 aliphatic heterocycles. The number of hydrogen-bond acceptors (Lipinski definition) is 3.